The molecule has 1 heterocycles. The van der Waals surface area contributed by atoms with E-state index in [1.54, 1.807) is 6.92 Å². The van der Waals surface area contributed by atoms with E-state index in [9.17, 15) is 14.4 Å². The molecule has 0 aliphatic heterocycles. The Labute approximate surface area is 120 Å². The van der Waals surface area contributed by atoms with Gasteiger partial charge in [0.05, 0.1) is 12.1 Å². The van der Waals surface area contributed by atoms with Crippen LogP contribution < -0.4 is 27.6 Å². The van der Waals surface area contributed by atoms with Crippen LogP contribution in [0.1, 0.15) is 18.0 Å². The number of likely N-dealkylation sites (N-methyl/N-ethyl adjacent to an activating group) is 1. The first-order valence-electron chi connectivity index (χ1n) is 6.00. The van der Waals surface area contributed by atoms with Gasteiger partial charge in [-0.3, -0.25) is 24.0 Å². The molecule has 0 spiro atoms. The van der Waals surface area contributed by atoms with Crippen molar-refractivity contribution in [1.82, 2.24) is 19.8 Å². The minimum atomic E-state index is -0.969. The Morgan fingerprint density at radius 1 is 1.35 bits per heavy atom. The van der Waals surface area contributed by atoms with Crippen LogP contribution in [-0.4, -0.2) is 28.1 Å². The lowest BCUT2D eigenvalue weighted by Crippen LogP contribution is -2.43. The molecule has 0 saturated carbocycles. The maximum Gasteiger partial charge on any atom is 0.332 e. The Kier molecular flexibility index (Phi) is 5.34. The van der Waals surface area contributed by atoms with Crippen LogP contribution >= 0.6 is 11.6 Å². The Balaban J connectivity index is 3.06. The number of hydrogen-bond acceptors (Lipinski definition) is 5. The van der Waals surface area contributed by atoms with Crippen LogP contribution in [0.2, 0.25) is 0 Å². The van der Waals surface area contributed by atoms with Gasteiger partial charge in [0.1, 0.15) is 11.3 Å². The van der Waals surface area contributed by atoms with Crippen LogP contribution in [0.3, 0.4) is 0 Å². The van der Waals surface area contributed by atoms with Crippen LogP contribution in [0.15, 0.2) is 9.59 Å². The first-order chi connectivity index (χ1) is 9.31. The second kappa shape index (κ2) is 6.58. The smallest absolute Gasteiger partial charge is 0.332 e. The SMILES string of the molecule is CCNC(=O)CN[C@H](Cl)c1c(N)n(C)c(=O)n(C)c1=O. The quantitative estimate of drug-likeness (QED) is 0.459. The topological polar surface area (TPSA) is 111 Å². The average Bonchev–Trinajstić information content (AvgIpc) is 2.41. The van der Waals surface area contributed by atoms with Gasteiger partial charge >= 0.3 is 5.69 Å². The van der Waals surface area contributed by atoms with E-state index in [1.165, 1.54) is 14.1 Å². The molecular weight excluding hydrogens is 286 g/mol. The van der Waals surface area contributed by atoms with E-state index in [2.05, 4.69) is 10.6 Å². The predicted molar refractivity (Wildman–Crippen MR) is 76.6 cm³/mol. The molecule has 9 heteroatoms. The van der Waals surface area contributed by atoms with Crippen molar-refractivity contribution < 1.29 is 4.79 Å². The lowest BCUT2D eigenvalue weighted by Gasteiger charge is -2.16. The third-order valence-electron chi connectivity index (χ3n) is 2.82. The zero-order valence-electron chi connectivity index (χ0n) is 11.6. The number of nitrogen functional groups attached to an aromatic ring is 1. The number of anilines is 1. The van der Waals surface area contributed by atoms with Crippen LogP contribution in [-0.2, 0) is 18.9 Å². The molecule has 20 heavy (non-hydrogen) atoms. The van der Waals surface area contributed by atoms with E-state index in [0.717, 1.165) is 9.13 Å². The highest BCUT2D eigenvalue weighted by Crippen LogP contribution is 2.17. The van der Waals surface area contributed by atoms with E-state index in [1.807, 2.05) is 0 Å². The summed E-state index contributed by atoms with van der Waals surface area (Å²) in [5, 5.41) is 5.27. The van der Waals surface area contributed by atoms with Gasteiger partial charge < -0.3 is 11.1 Å². The number of amides is 1. The van der Waals surface area contributed by atoms with Crippen LogP contribution in [0.25, 0.3) is 0 Å². The standard InChI is InChI=1S/C11H18ClN5O3/c1-4-14-6(18)5-15-8(12)7-9(13)16(2)11(20)17(3)10(7)19/h8,15H,4-5,13H2,1-3H3,(H,14,18)/t8-/m0/s1. The Bertz CT molecular complexity index is 622. The number of rotatable bonds is 5. The fourth-order valence-corrected chi connectivity index (χ4v) is 1.95. The maximum atomic E-state index is 12.0. The number of carbonyl (C=O) groups excluding carboxylic acids is 1. The van der Waals surface area contributed by atoms with Crippen LogP contribution in [0.5, 0.6) is 0 Å². The first kappa shape index (κ1) is 16.3. The zero-order chi connectivity index (χ0) is 15.4. The van der Waals surface area contributed by atoms with E-state index in [-0.39, 0.29) is 23.8 Å². The molecule has 1 aromatic rings. The summed E-state index contributed by atoms with van der Waals surface area (Å²) in [6.07, 6.45) is 0. The third kappa shape index (κ3) is 3.20. The van der Waals surface area contributed by atoms with Gasteiger partial charge in [0.2, 0.25) is 5.91 Å². The summed E-state index contributed by atoms with van der Waals surface area (Å²) < 4.78 is 2.04. The molecule has 1 rings (SSSR count). The molecule has 0 fully saturated rings. The predicted octanol–water partition coefficient (Wildman–Crippen LogP) is -1.37. The minimum absolute atomic E-state index is 0.0264. The molecule has 0 bridgehead atoms. The molecule has 0 aromatic carbocycles. The molecule has 1 aromatic heterocycles. The summed E-state index contributed by atoms with van der Waals surface area (Å²) >= 11 is 6.06. The van der Waals surface area contributed by atoms with Gasteiger partial charge in [0.15, 0.2) is 0 Å². The summed E-state index contributed by atoms with van der Waals surface area (Å²) in [7, 11) is 2.77. The second-order valence-electron chi connectivity index (χ2n) is 4.20. The number of nitrogens with two attached hydrogens (primary N) is 1. The number of aromatic nitrogens is 2. The molecule has 112 valence electrons. The van der Waals surface area contributed by atoms with Gasteiger partial charge in [-0.05, 0) is 6.92 Å². The van der Waals surface area contributed by atoms with Crippen molar-refractivity contribution >= 4 is 23.3 Å². The first-order valence-corrected chi connectivity index (χ1v) is 6.44. The summed E-state index contributed by atoms with van der Waals surface area (Å²) in [4.78, 5) is 35.0. The van der Waals surface area contributed by atoms with E-state index in [4.69, 9.17) is 17.3 Å². The van der Waals surface area contributed by atoms with Crippen LogP contribution in [0, 0.1) is 0 Å². The lowest BCUT2D eigenvalue weighted by atomic mass is 10.3. The van der Waals surface area contributed by atoms with Gasteiger partial charge in [-0.1, -0.05) is 0 Å². The molecule has 0 saturated heterocycles. The van der Waals surface area contributed by atoms with Gasteiger partial charge in [-0.2, -0.15) is 0 Å². The summed E-state index contributed by atoms with van der Waals surface area (Å²) in [5.74, 6) is -0.278. The highest BCUT2D eigenvalue weighted by atomic mass is 35.5. The van der Waals surface area contributed by atoms with Crippen molar-refractivity contribution in [1.29, 1.82) is 0 Å². The summed E-state index contributed by atoms with van der Waals surface area (Å²) in [6, 6.07) is 0. The fourth-order valence-electron chi connectivity index (χ4n) is 1.67. The monoisotopic (exact) mass is 303 g/mol. The van der Waals surface area contributed by atoms with Crippen molar-refractivity contribution in [3.63, 3.8) is 0 Å². The lowest BCUT2D eigenvalue weighted by molar-refractivity contribution is -0.120. The maximum absolute atomic E-state index is 12.0. The molecule has 4 N–H and O–H groups in total. The average molecular weight is 304 g/mol. The van der Waals surface area contributed by atoms with Crippen molar-refractivity contribution in [2.45, 2.75) is 12.4 Å². The van der Waals surface area contributed by atoms with Crippen LogP contribution in [0.4, 0.5) is 5.82 Å². The number of alkyl halides is 1. The molecular formula is C11H18ClN5O3. The molecule has 0 aliphatic carbocycles. The van der Waals surface area contributed by atoms with Crippen molar-refractivity contribution in [2.24, 2.45) is 14.1 Å². The van der Waals surface area contributed by atoms with Gasteiger partial charge in [-0.15, -0.1) is 11.6 Å². The van der Waals surface area contributed by atoms with E-state index in [0.29, 0.717) is 6.54 Å². The number of carbonyl (C=O) groups is 1. The highest BCUT2D eigenvalue weighted by Gasteiger charge is 2.20. The normalized spacial score (nSPS) is 12.2. The Morgan fingerprint density at radius 2 is 1.95 bits per heavy atom. The second-order valence-corrected chi connectivity index (χ2v) is 4.64. The minimum Gasteiger partial charge on any atom is -0.385 e. The Morgan fingerprint density at radius 3 is 2.50 bits per heavy atom. The zero-order valence-corrected chi connectivity index (χ0v) is 12.3. The number of hydrogen-bond donors (Lipinski definition) is 3. The number of nitrogens with zero attached hydrogens (tertiary/aromatic N) is 2. The van der Waals surface area contributed by atoms with E-state index >= 15 is 0 Å². The van der Waals surface area contributed by atoms with Crippen molar-refractivity contribution in [3.05, 3.63) is 26.4 Å². The number of nitrogens with one attached hydrogen (secondary N) is 2. The van der Waals surface area contributed by atoms with Gasteiger partial charge in [0.25, 0.3) is 5.56 Å². The number of halogens is 1. The summed E-state index contributed by atoms with van der Waals surface area (Å²) in [6.45, 7) is 2.22. The summed E-state index contributed by atoms with van der Waals surface area (Å²) in [5.41, 5.74) is 3.69. The third-order valence-corrected chi connectivity index (χ3v) is 3.19. The van der Waals surface area contributed by atoms with Gasteiger partial charge in [-0.25, -0.2) is 4.79 Å². The van der Waals surface area contributed by atoms with Crippen molar-refractivity contribution in [2.75, 3.05) is 18.8 Å². The molecule has 8 nitrogen and oxygen atoms in total. The molecule has 1 atom stereocenters. The van der Waals surface area contributed by atoms with Crippen molar-refractivity contribution in [3.8, 4) is 0 Å². The fraction of sp³-hybridized carbons (Fsp3) is 0.545. The highest BCUT2D eigenvalue weighted by molar-refractivity contribution is 6.21. The molecule has 0 radical (unpaired) electrons. The molecule has 1 amide bonds. The largest absolute Gasteiger partial charge is 0.385 e. The van der Waals surface area contributed by atoms with Gasteiger partial charge in [0, 0.05) is 20.6 Å². The van der Waals surface area contributed by atoms with E-state index < -0.39 is 16.8 Å². The Hall–Kier alpha value is -1.80. The molecule has 0 unspecified atom stereocenters. The molecule has 0 aliphatic rings.